The summed E-state index contributed by atoms with van der Waals surface area (Å²) in [4.78, 5) is 25.4. The third-order valence-corrected chi connectivity index (χ3v) is 5.94. The highest BCUT2D eigenvalue weighted by Gasteiger charge is 2.25. The number of benzene rings is 2. The third-order valence-electron chi connectivity index (χ3n) is 4.56. The Bertz CT molecular complexity index is 1030. The lowest BCUT2D eigenvalue weighted by Crippen LogP contribution is -2.25. The van der Waals surface area contributed by atoms with Crippen LogP contribution in [0.4, 0.5) is 11.4 Å². The first-order valence-electron chi connectivity index (χ1n) is 9.38. The van der Waals surface area contributed by atoms with Gasteiger partial charge in [0.2, 0.25) is 5.91 Å². The zero-order valence-corrected chi connectivity index (χ0v) is 17.5. The number of hydrogen-bond donors (Lipinski definition) is 1. The number of nitrogens with one attached hydrogen (secondary N) is 1. The molecule has 29 heavy (non-hydrogen) atoms. The molecule has 1 aliphatic heterocycles. The van der Waals surface area contributed by atoms with Crippen LogP contribution < -0.4 is 9.62 Å². The summed E-state index contributed by atoms with van der Waals surface area (Å²) in [6.45, 7) is 6.26. The number of nitrogens with zero attached hydrogens (tertiary/aromatic N) is 1. The third kappa shape index (κ3) is 4.76. The Hall–Kier alpha value is -2.87. The van der Waals surface area contributed by atoms with E-state index in [0.717, 1.165) is 11.3 Å². The first kappa shape index (κ1) is 20.9. The molecular weight excluding hydrogens is 392 g/mol. The van der Waals surface area contributed by atoms with Gasteiger partial charge >= 0.3 is 5.97 Å². The molecule has 154 valence electrons. The van der Waals surface area contributed by atoms with Crippen molar-refractivity contribution in [2.45, 2.75) is 32.1 Å². The van der Waals surface area contributed by atoms with Crippen LogP contribution in [0.1, 0.15) is 36.7 Å². The molecule has 0 aliphatic carbocycles. The number of anilines is 2. The van der Waals surface area contributed by atoms with Crippen LogP contribution >= 0.6 is 0 Å². The van der Waals surface area contributed by atoms with Crippen molar-refractivity contribution in [2.24, 2.45) is 5.92 Å². The van der Waals surface area contributed by atoms with E-state index in [4.69, 9.17) is 4.74 Å². The van der Waals surface area contributed by atoms with Crippen molar-refractivity contribution in [1.29, 1.82) is 0 Å². The van der Waals surface area contributed by atoms with Crippen LogP contribution in [0, 0.1) is 5.92 Å². The topological polar surface area (TPSA) is 92.8 Å². The van der Waals surface area contributed by atoms with Crippen LogP contribution in [-0.4, -0.2) is 33.4 Å². The molecule has 0 unspecified atom stereocenters. The molecule has 1 N–H and O–H groups in total. The average molecular weight is 416 g/mol. The van der Waals surface area contributed by atoms with Crippen molar-refractivity contribution < 1.29 is 22.7 Å². The molecule has 2 aromatic rings. The predicted molar refractivity (Wildman–Crippen MR) is 111 cm³/mol. The molecule has 0 saturated carbocycles. The number of fused-ring (bicyclic) bond motifs is 1. The van der Waals surface area contributed by atoms with Gasteiger partial charge < -0.3 is 9.64 Å². The maximum atomic E-state index is 12.7. The second kappa shape index (κ2) is 8.24. The molecule has 0 bridgehead atoms. The molecule has 2 aromatic carbocycles. The molecule has 0 spiro atoms. The first-order chi connectivity index (χ1) is 13.7. The van der Waals surface area contributed by atoms with E-state index in [0.29, 0.717) is 30.8 Å². The Morgan fingerprint density at radius 1 is 1.14 bits per heavy atom. The van der Waals surface area contributed by atoms with E-state index in [9.17, 15) is 18.0 Å². The maximum Gasteiger partial charge on any atom is 0.338 e. The minimum absolute atomic E-state index is 0.0653. The molecular formula is C21H24N2O5S. The molecule has 0 atom stereocenters. The standard InChI is InChI=1S/C21H24N2O5S/c1-14(2)13-28-21(25)16-4-6-18(7-5-16)22-29(26,27)19-8-9-20-17(12-19)10-11-23(20)15(3)24/h4-9,12,14,22H,10-11,13H2,1-3H3. The average Bonchev–Trinajstić information content (AvgIpc) is 3.10. The minimum Gasteiger partial charge on any atom is -0.462 e. The molecule has 0 radical (unpaired) electrons. The molecule has 1 amide bonds. The number of sulfonamides is 1. The van der Waals surface area contributed by atoms with E-state index in [1.54, 1.807) is 17.0 Å². The van der Waals surface area contributed by atoms with E-state index >= 15 is 0 Å². The van der Waals surface area contributed by atoms with E-state index in [2.05, 4.69) is 4.72 Å². The summed E-state index contributed by atoms with van der Waals surface area (Å²) in [6.07, 6.45) is 0.617. The second-order valence-electron chi connectivity index (χ2n) is 7.39. The van der Waals surface area contributed by atoms with Crippen molar-refractivity contribution in [3.63, 3.8) is 0 Å². The fourth-order valence-corrected chi connectivity index (χ4v) is 4.20. The molecule has 0 saturated heterocycles. The van der Waals surface area contributed by atoms with Gasteiger partial charge in [0, 0.05) is 24.8 Å². The number of carbonyl (C=O) groups excluding carboxylic acids is 2. The van der Waals surface area contributed by atoms with Crippen LogP contribution in [0.3, 0.4) is 0 Å². The van der Waals surface area contributed by atoms with Crippen LogP contribution in [0.15, 0.2) is 47.4 Å². The van der Waals surface area contributed by atoms with E-state index in [-0.39, 0.29) is 16.7 Å². The summed E-state index contributed by atoms with van der Waals surface area (Å²) in [5.41, 5.74) is 2.28. The van der Waals surface area contributed by atoms with Crippen LogP contribution in [0.25, 0.3) is 0 Å². The maximum absolute atomic E-state index is 12.7. The fourth-order valence-electron chi connectivity index (χ4n) is 3.09. The van der Waals surface area contributed by atoms with Gasteiger partial charge in [0.1, 0.15) is 0 Å². The van der Waals surface area contributed by atoms with E-state index in [1.807, 2.05) is 13.8 Å². The van der Waals surface area contributed by atoms with Crippen molar-refractivity contribution in [1.82, 2.24) is 0 Å². The highest BCUT2D eigenvalue weighted by atomic mass is 32.2. The fraction of sp³-hybridized carbons (Fsp3) is 0.333. The lowest BCUT2D eigenvalue weighted by molar-refractivity contribution is -0.116. The van der Waals surface area contributed by atoms with Crippen molar-refractivity contribution in [3.05, 3.63) is 53.6 Å². The molecule has 7 nitrogen and oxygen atoms in total. The number of amides is 1. The van der Waals surface area contributed by atoms with Crippen LogP contribution in [0.2, 0.25) is 0 Å². The lowest BCUT2D eigenvalue weighted by Gasteiger charge is -2.15. The van der Waals surface area contributed by atoms with E-state index < -0.39 is 16.0 Å². The summed E-state index contributed by atoms with van der Waals surface area (Å²) in [6, 6.07) is 10.8. The Labute approximate surface area is 170 Å². The first-order valence-corrected chi connectivity index (χ1v) is 10.9. The molecule has 1 aliphatic rings. The Morgan fingerprint density at radius 3 is 2.45 bits per heavy atom. The largest absolute Gasteiger partial charge is 0.462 e. The number of esters is 1. The summed E-state index contributed by atoms with van der Waals surface area (Å²) in [5.74, 6) is -0.272. The zero-order chi connectivity index (χ0) is 21.2. The SMILES string of the molecule is CC(=O)N1CCc2cc(S(=O)(=O)Nc3ccc(C(=O)OCC(C)C)cc3)ccc21. The zero-order valence-electron chi connectivity index (χ0n) is 16.6. The number of carbonyl (C=O) groups is 2. The van der Waals surface area contributed by atoms with Crippen molar-refractivity contribution in [3.8, 4) is 0 Å². The van der Waals surface area contributed by atoms with Gasteiger partial charge in [-0.05, 0) is 60.4 Å². The van der Waals surface area contributed by atoms with Gasteiger partial charge in [-0.3, -0.25) is 9.52 Å². The van der Waals surface area contributed by atoms with Gasteiger partial charge in [-0.1, -0.05) is 13.8 Å². The highest BCUT2D eigenvalue weighted by molar-refractivity contribution is 7.92. The number of rotatable bonds is 6. The lowest BCUT2D eigenvalue weighted by atomic mass is 10.2. The van der Waals surface area contributed by atoms with Crippen LogP contribution in [-0.2, 0) is 26.0 Å². The monoisotopic (exact) mass is 416 g/mol. The summed E-state index contributed by atoms with van der Waals surface area (Å²) < 4.78 is 33.1. The van der Waals surface area contributed by atoms with Crippen LogP contribution in [0.5, 0.6) is 0 Å². The van der Waals surface area contributed by atoms with Crippen molar-refractivity contribution in [2.75, 3.05) is 22.8 Å². The molecule has 8 heteroatoms. The predicted octanol–water partition coefficient (Wildman–Crippen LogP) is 3.21. The smallest absolute Gasteiger partial charge is 0.338 e. The normalized spacial score (nSPS) is 13.3. The van der Waals surface area contributed by atoms with E-state index in [1.165, 1.54) is 37.3 Å². The second-order valence-corrected chi connectivity index (χ2v) is 9.07. The molecule has 0 aromatic heterocycles. The quantitative estimate of drug-likeness (QED) is 0.730. The minimum atomic E-state index is -3.80. The number of hydrogen-bond acceptors (Lipinski definition) is 5. The van der Waals surface area contributed by atoms with Gasteiger partial charge in [-0.15, -0.1) is 0 Å². The Balaban J connectivity index is 1.73. The van der Waals surface area contributed by atoms with Gasteiger partial charge in [0.15, 0.2) is 0 Å². The van der Waals surface area contributed by atoms with Gasteiger partial charge in [-0.25, -0.2) is 13.2 Å². The van der Waals surface area contributed by atoms with Gasteiger partial charge in [0.25, 0.3) is 10.0 Å². The Morgan fingerprint density at radius 2 is 1.83 bits per heavy atom. The summed E-state index contributed by atoms with van der Waals surface area (Å²) >= 11 is 0. The summed E-state index contributed by atoms with van der Waals surface area (Å²) in [7, 11) is -3.80. The van der Waals surface area contributed by atoms with Gasteiger partial charge in [0.05, 0.1) is 17.1 Å². The van der Waals surface area contributed by atoms with Gasteiger partial charge in [-0.2, -0.15) is 0 Å². The highest BCUT2D eigenvalue weighted by Crippen LogP contribution is 2.30. The van der Waals surface area contributed by atoms with Crippen molar-refractivity contribution >= 4 is 33.3 Å². The summed E-state index contributed by atoms with van der Waals surface area (Å²) in [5, 5.41) is 0. The molecule has 3 rings (SSSR count). The molecule has 1 heterocycles. The number of ether oxygens (including phenoxy) is 1. The Kier molecular flexibility index (Phi) is 5.93. The molecule has 0 fully saturated rings.